The number of benzene rings is 1. The van der Waals surface area contributed by atoms with Gasteiger partial charge in [0.05, 0.1) is 20.3 Å². The molecular formula is C17H23NO7. The number of carbonyl (C=O) groups excluding carboxylic acids is 2. The number of carbonyl (C=O) groups is 3. The van der Waals surface area contributed by atoms with Crippen molar-refractivity contribution in [3.05, 3.63) is 23.8 Å². The third kappa shape index (κ3) is 6.42. The summed E-state index contributed by atoms with van der Waals surface area (Å²) in [6.07, 6.45) is 0.502. The third-order valence-corrected chi connectivity index (χ3v) is 3.47. The number of rotatable bonds is 10. The standard InChI is InChI=1S/C17H23NO7/c1-11(19)12-6-7-13(14(9-12)24-3)25-8-4-5-15(20)18-10-17(2,23)16(21)22/h6-7,9,23H,4-5,8,10H2,1-3H3,(H,18,20)(H,21,22). The van der Waals surface area contributed by atoms with E-state index in [1.807, 2.05) is 0 Å². The Labute approximate surface area is 145 Å². The highest BCUT2D eigenvalue weighted by atomic mass is 16.5. The summed E-state index contributed by atoms with van der Waals surface area (Å²) in [7, 11) is 1.47. The zero-order valence-corrected chi connectivity index (χ0v) is 14.5. The lowest BCUT2D eigenvalue weighted by molar-refractivity contribution is -0.156. The summed E-state index contributed by atoms with van der Waals surface area (Å²) in [6.45, 7) is 2.42. The number of Topliss-reactive ketones (excluding diaryl/α,β-unsaturated/α-hetero) is 1. The molecule has 0 aromatic heterocycles. The van der Waals surface area contributed by atoms with Gasteiger partial charge in [-0.05, 0) is 38.5 Å². The monoisotopic (exact) mass is 353 g/mol. The molecule has 1 rings (SSSR count). The van der Waals surface area contributed by atoms with Gasteiger partial charge in [-0.1, -0.05) is 0 Å². The summed E-state index contributed by atoms with van der Waals surface area (Å²) in [5.74, 6) is -0.989. The van der Waals surface area contributed by atoms with Crippen LogP contribution in [0.15, 0.2) is 18.2 Å². The van der Waals surface area contributed by atoms with E-state index in [0.717, 1.165) is 6.92 Å². The molecule has 0 aliphatic carbocycles. The van der Waals surface area contributed by atoms with E-state index in [2.05, 4.69) is 5.32 Å². The number of ether oxygens (including phenoxy) is 2. The molecule has 0 saturated carbocycles. The van der Waals surface area contributed by atoms with E-state index in [9.17, 15) is 19.5 Å². The van der Waals surface area contributed by atoms with E-state index in [1.54, 1.807) is 18.2 Å². The van der Waals surface area contributed by atoms with E-state index in [-0.39, 0.29) is 31.3 Å². The summed E-state index contributed by atoms with van der Waals surface area (Å²) >= 11 is 0. The summed E-state index contributed by atoms with van der Waals surface area (Å²) in [5.41, 5.74) is -1.49. The number of carboxylic acids is 1. The van der Waals surface area contributed by atoms with E-state index in [1.165, 1.54) is 14.0 Å². The van der Waals surface area contributed by atoms with Crippen molar-refractivity contribution in [2.75, 3.05) is 20.3 Å². The smallest absolute Gasteiger partial charge is 0.337 e. The minimum Gasteiger partial charge on any atom is -0.493 e. The van der Waals surface area contributed by atoms with Crippen LogP contribution in [0.25, 0.3) is 0 Å². The van der Waals surface area contributed by atoms with Crippen LogP contribution < -0.4 is 14.8 Å². The second kappa shape index (κ2) is 9.03. The Bertz CT molecular complexity index is 640. The molecule has 3 N–H and O–H groups in total. The van der Waals surface area contributed by atoms with Crippen LogP contribution in [0.4, 0.5) is 0 Å². The van der Waals surface area contributed by atoms with Gasteiger partial charge in [-0.2, -0.15) is 0 Å². The van der Waals surface area contributed by atoms with Crippen molar-refractivity contribution >= 4 is 17.7 Å². The van der Waals surface area contributed by atoms with Gasteiger partial charge in [-0.25, -0.2) is 4.79 Å². The molecule has 1 aromatic carbocycles. The van der Waals surface area contributed by atoms with Gasteiger partial charge in [0, 0.05) is 12.0 Å². The molecule has 1 atom stereocenters. The number of hydrogen-bond donors (Lipinski definition) is 3. The molecule has 0 aliphatic heterocycles. The van der Waals surface area contributed by atoms with Gasteiger partial charge in [-0.3, -0.25) is 9.59 Å². The summed E-state index contributed by atoms with van der Waals surface area (Å²) in [5, 5.41) is 20.6. The third-order valence-electron chi connectivity index (χ3n) is 3.47. The van der Waals surface area contributed by atoms with Gasteiger partial charge >= 0.3 is 5.97 Å². The van der Waals surface area contributed by atoms with E-state index < -0.39 is 11.6 Å². The molecule has 25 heavy (non-hydrogen) atoms. The largest absolute Gasteiger partial charge is 0.493 e. The fraction of sp³-hybridized carbons (Fsp3) is 0.471. The molecule has 8 nitrogen and oxygen atoms in total. The Balaban J connectivity index is 2.42. The van der Waals surface area contributed by atoms with Gasteiger partial charge in [0.25, 0.3) is 0 Å². The predicted octanol–water partition coefficient (Wildman–Crippen LogP) is 1.01. The Morgan fingerprint density at radius 2 is 1.92 bits per heavy atom. The molecule has 0 bridgehead atoms. The first-order valence-electron chi connectivity index (χ1n) is 7.71. The van der Waals surface area contributed by atoms with Crippen LogP contribution in [-0.2, 0) is 9.59 Å². The first-order valence-corrected chi connectivity index (χ1v) is 7.71. The molecule has 138 valence electrons. The average Bonchev–Trinajstić information content (AvgIpc) is 2.56. The van der Waals surface area contributed by atoms with Crippen molar-refractivity contribution in [3.8, 4) is 11.5 Å². The van der Waals surface area contributed by atoms with Crippen LogP contribution >= 0.6 is 0 Å². The Morgan fingerprint density at radius 1 is 1.24 bits per heavy atom. The van der Waals surface area contributed by atoms with Gasteiger partial charge in [0.2, 0.25) is 5.91 Å². The van der Waals surface area contributed by atoms with Crippen LogP contribution in [0.2, 0.25) is 0 Å². The molecule has 1 unspecified atom stereocenters. The number of hydrogen-bond acceptors (Lipinski definition) is 6. The van der Waals surface area contributed by atoms with E-state index in [0.29, 0.717) is 23.5 Å². The highest BCUT2D eigenvalue weighted by Gasteiger charge is 2.30. The molecule has 0 saturated heterocycles. The van der Waals surface area contributed by atoms with E-state index in [4.69, 9.17) is 14.6 Å². The zero-order chi connectivity index (χ0) is 19.0. The van der Waals surface area contributed by atoms with Crippen LogP contribution in [0.3, 0.4) is 0 Å². The first-order chi connectivity index (χ1) is 11.7. The maximum absolute atomic E-state index is 11.6. The normalized spacial score (nSPS) is 12.8. The molecule has 0 fully saturated rings. The molecule has 1 aromatic rings. The average molecular weight is 353 g/mol. The summed E-state index contributed by atoms with van der Waals surface area (Å²) in [4.78, 5) is 33.7. The quantitative estimate of drug-likeness (QED) is 0.424. The van der Waals surface area contributed by atoms with Gasteiger partial charge in [0.15, 0.2) is 22.9 Å². The lowest BCUT2D eigenvalue weighted by Crippen LogP contribution is -2.46. The molecule has 0 radical (unpaired) electrons. The highest BCUT2D eigenvalue weighted by molar-refractivity contribution is 5.94. The molecule has 1 amide bonds. The fourth-order valence-electron chi connectivity index (χ4n) is 1.86. The van der Waals surface area contributed by atoms with E-state index >= 15 is 0 Å². The minimum atomic E-state index is -2.00. The molecule has 8 heteroatoms. The second-order valence-corrected chi connectivity index (χ2v) is 5.73. The number of aliphatic hydroxyl groups is 1. The summed E-state index contributed by atoms with van der Waals surface area (Å²) < 4.78 is 10.7. The number of aliphatic carboxylic acids is 1. The van der Waals surface area contributed by atoms with Crippen LogP contribution in [0.5, 0.6) is 11.5 Å². The van der Waals surface area contributed by atoms with Crippen molar-refractivity contribution in [3.63, 3.8) is 0 Å². The van der Waals surface area contributed by atoms with Gasteiger partial charge in [-0.15, -0.1) is 0 Å². The maximum Gasteiger partial charge on any atom is 0.337 e. The number of carboxylic acid groups (broad SMARTS) is 1. The number of nitrogens with one attached hydrogen (secondary N) is 1. The van der Waals surface area contributed by atoms with Gasteiger partial charge < -0.3 is 25.0 Å². The minimum absolute atomic E-state index is 0.0845. The van der Waals surface area contributed by atoms with Crippen molar-refractivity contribution in [1.82, 2.24) is 5.32 Å². The fourth-order valence-corrected chi connectivity index (χ4v) is 1.86. The topological polar surface area (TPSA) is 122 Å². The lowest BCUT2D eigenvalue weighted by atomic mass is 10.1. The number of methoxy groups -OCH3 is 1. The second-order valence-electron chi connectivity index (χ2n) is 5.73. The maximum atomic E-state index is 11.6. The Morgan fingerprint density at radius 3 is 2.48 bits per heavy atom. The van der Waals surface area contributed by atoms with Crippen molar-refractivity contribution < 1.29 is 34.1 Å². The van der Waals surface area contributed by atoms with Crippen LogP contribution in [-0.4, -0.2) is 53.7 Å². The van der Waals surface area contributed by atoms with Crippen LogP contribution in [0.1, 0.15) is 37.0 Å². The molecule has 0 aliphatic rings. The molecular weight excluding hydrogens is 330 g/mol. The van der Waals surface area contributed by atoms with Crippen molar-refractivity contribution in [1.29, 1.82) is 0 Å². The highest BCUT2D eigenvalue weighted by Crippen LogP contribution is 2.28. The molecule has 0 spiro atoms. The Hall–Kier alpha value is -2.61. The number of amides is 1. The summed E-state index contributed by atoms with van der Waals surface area (Å²) in [6, 6.07) is 4.83. The van der Waals surface area contributed by atoms with Gasteiger partial charge in [0.1, 0.15) is 0 Å². The Kier molecular flexibility index (Phi) is 7.38. The van der Waals surface area contributed by atoms with Crippen molar-refractivity contribution in [2.24, 2.45) is 0 Å². The number of ketones is 1. The lowest BCUT2D eigenvalue weighted by Gasteiger charge is -2.18. The van der Waals surface area contributed by atoms with Crippen molar-refractivity contribution in [2.45, 2.75) is 32.3 Å². The zero-order valence-electron chi connectivity index (χ0n) is 14.5. The first kappa shape index (κ1) is 20.4. The molecule has 0 heterocycles. The van der Waals surface area contributed by atoms with Crippen LogP contribution in [0, 0.1) is 0 Å². The predicted molar refractivity (Wildman–Crippen MR) is 89.0 cm³/mol. The SMILES string of the molecule is COc1cc(C(C)=O)ccc1OCCCC(=O)NCC(C)(O)C(=O)O.